The molecule has 0 heterocycles. The lowest BCUT2D eigenvalue weighted by Crippen LogP contribution is -2.33. The standard InChI is InChI=1S/C6H15N2O6P/c7-3-4(9)1-2-5(8)6(10)14-15(11,12)13/h4-5,9H,1-3,7-8H2,(H2,11,12,13)/t4-,5+/m1/s1. The zero-order chi connectivity index (χ0) is 12.1. The molecular weight excluding hydrogens is 227 g/mol. The molecule has 9 heteroatoms. The van der Waals surface area contributed by atoms with Gasteiger partial charge in [-0.1, -0.05) is 0 Å². The van der Waals surface area contributed by atoms with Crippen LogP contribution in [-0.2, 0) is 13.9 Å². The van der Waals surface area contributed by atoms with Crippen LogP contribution < -0.4 is 11.5 Å². The van der Waals surface area contributed by atoms with Gasteiger partial charge in [0, 0.05) is 6.54 Å². The Balaban J connectivity index is 3.95. The quantitative estimate of drug-likeness (QED) is 0.336. The normalized spacial score (nSPS) is 15.8. The van der Waals surface area contributed by atoms with E-state index in [9.17, 15) is 9.36 Å². The van der Waals surface area contributed by atoms with Gasteiger partial charge in [-0.15, -0.1) is 0 Å². The maximum Gasteiger partial charge on any atom is 0.527 e. The van der Waals surface area contributed by atoms with Gasteiger partial charge in [-0.2, -0.15) is 0 Å². The van der Waals surface area contributed by atoms with Gasteiger partial charge in [0.05, 0.1) is 6.10 Å². The van der Waals surface area contributed by atoms with Crippen LogP contribution in [0.15, 0.2) is 0 Å². The lowest BCUT2D eigenvalue weighted by molar-refractivity contribution is -0.137. The van der Waals surface area contributed by atoms with Crippen molar-refractivity contribution in [3.8, 4) is 0 Å². The van der Waals surface area contributed by atoms with Gasteiger partial charge >= 0.3 is 13.8 Å². The highest BCUT2D eigenvalue weighted by Crippen LogP contribution is 2.36. The van der Waals surface area contributed by atoms with Crippen LogP contribution >= 0.6 is 7.82 Å². The monoisotopic (exact) mass is 242 g/mol. The van der Waals surface area contributed by atoms with E-state index in [-0.39, 0.29) is 19.4 Å². The molecule has 0 aliphatic heterocycles. The van der Waals surface area contributed by atoms with E-state index in [1.165, 1.54) is 0 Å². The van der Waals surface area contributed by atoms with E-state index < -0.39 is 25.9 Å². The van der Waals surface area contributed by atoms with Crippen molar-refractivity contribution in [1.82, 2.24) is 0 Å². The van der Waals surface area contributed by atoms with Crippen molar-refractivity contribution in [3.63, 3.8) is 0 Å². The summed E-state index contributed by atoms with van der Waals surface area (Å²) in [5, 5.41) is 9.03. The minimum Gasteiger partial charge on any atom is -0.392 e. The second kappa shape index (κ2) is 6.16. The Morgan fingerprint density at radius 1 is 1.40 bits per heavy atom. The molecule has 0 bridgehead atoms. The summed E-state index contributed by atoms with van der Waals surface area (Å²) < 4.78 is 14.0. The summed E-state index contributed by atoms with van der Waals surface area (Å²) in [5.74, 6) is -1.20. The van der Waals surface area contributed by atoms with Crippen LogP contribution in [-0.4, -0.2) is 39.6 Å². The minimum atomic E-state index is -4.85. The lowest BCUT2D eigenvalue weighted by atomic mass is 10.1. The van der Waals surface area contributed by atoms with Crippen LogP contribution in [0.25, 0.3) is 0 Å². The molecule has 0 fully saturated rings. The summed E-state index contributed by atoms with van der Waals surface area (Å²) in [6.07, 6.45) is -0.593. The van der Waals surface area contributed by atoms with Gasteiger partial charge in [0.1, 0.15) is 6.04 Å². The largest absolute Gasteiger partial charge is 0.527 e. The van der Waals surface area contributed by atoms with Gasteiger partial charge in [0.2, 0.25) is 0 Å². The van der Waals surface area contributed by atoms with E-state index in [4.69, 9.17) is 26.4 Å². The van der Waals surface area contributed by atoms with Crippen molar-refractivity contribution in [2.45, 2.75) is 25.0 Å². The first kappa shape index (κ1) is 14.5. The average Bonchev–Trinajstić information content (AvgIpc) is 2.10. The van der Waals surface area contributed by atoms with Gasteiger partial charge in [-0.05, 0) is 12.8 Å². The summed E-state index contributed by atoms with van der Waals surface area (Å²) in [4.78, 5) is 27.5. The molecule has 0 radical (unpaired) electrons. The number of nitrogens with two attached hydrogens (primary N) is 2. The molecule has 2 atom stereocenters. The molecule has 0 rings (SSSR count). The van der Waals surface area contributed by atoms with Crippen molar-refractivity contribution < 1.29 is 28.8 Å². The van der Waals surface area contributed by atoms with Crippen molar-refractivity contribution in [2.75, 3.05) is 6.54 Å². The molecule has 0 aromatic carbocycles. The van der Waals surface area contributed by atoms with E-state index >= 15 is 0 Å². The number of carbonyl (C=O) groups excluding carboxylic acids is 1. The Bertz CT molecular complexity index is 254. The zero-order valence-electron chi connectivity index (χ0n) is 7.94. The van der Waals surface area contributed by atoms with E-state index in [2.05, 4.69) is 4.52 Å². The van der Waals surface area contributed by atoms with Crippen molar-refractivity contribution >= 4 is 13.8 Å². The highest BCUT2D eigenvalue weighted by molar-refractivity contribution is 7.46. The molecule has 7 N–H and O–H groups in total. The van der Waals surface area contributed by atoms with Crippen LogP contribution in [0.3, 0.4) is 0 Å². The SMILES string of the molecule is NC[C@H](O)CC[C@H](N)C(=O)OP(=O)(O)O. The first-order valence-electron chi connectivity index (χ1n) is 4.19. The van der Waals surface area contributed by atoms with Crippen LogP contribution in [0.4, 0.5) is 0 Å². The number of hydrogen-bond donors (Lipinski definition) is 5. The Morgan fingerprint density at radius 2 is 1.93 bits per heavy atom. The number of aliphatic hydroxyl groups is 1. The first-order chi connectivity index (χ1) is 6.76. The minimum absolute atomic E-state index is 0.0280. The van der Waals surface area contributed by atoms with Crippen LogP contribution in [0.1, 0.15) is 12.8 Å². The third-order valence-electron chi connectivity index (χ3n) is 1.59. The molecule has 0 amide bonds. The Labute approximate surface area is 86.5 Å². The lowest BCUT2D eigenvalue weighted by Gasteiger charge is -2.13. The number of phosphoric ester groups is 1. The number of aliphatic hydroxyl groups excluding tert-OH is 1. The molecule has 0 saturated heterocycles. The molecule has 0 aliphatic carbocycles. The van der Waals surface area contributed by atoms with Crippen LogP contribution in [0, 0.1) is 0 Å². The van der Waals surface area contributed by atoms with Crippen molar-refractivity contribution in [1.29, 1.82) is 0 Å². The molecule has 90 valence electrons. The van der Waals surface area contributed by atoms with E-state index in [0.29, 0.717) is 0 Å². The maximum atomic E-state index is 10.9. The molecule has 8 nitrogen and oxygen atoms in total. The Kier molecular flexibility index (Phi) is 5.96. The van der Waals surface area contributed by atoms with Crippen molar-refractivity contribution in [3.05, 3.63) is 0 Å². The molecule has 0 aliphatic rings. The van der Waals surface area contributed by atoms with Gasteiger partial charge in [-0.25, -0.2) is 9.36 Å². The number of rotatable bonds is 6. The van der Waals surface area contributed by atoms with Crippen LogP contribution in [0.5, 0.6) is 0 Å². The summed E-state index contributed by atoms with van der Waals surface area (Å²) >= 11 is 0. The summed E-state index contributed by atoms with van der Waals surface area (Å²) in [6.45, 7) is 0.0280. The van der Waals surface area contributed by atoms with Gasteiger partial charge in [0.25, 0.3) is 0 Å². The average molecular weight is 242 g/mol. The van der Waals surface area contributed by atoms with Crippen LogP contribution in [0.2, 0.25) is 0 Å². The molecule has 0 aromatic heterocycles. The number of phosphoric acid groups is 1. The maximum absolute atomic E-state index is 10.9. The fourth-order valence-electron chi connectivity index (χ4n) is 0.793. The summed E-state index contributed by atoms with van der Waals surface area (Å²) in [5.41, 5.74) is 10.4. The molecule has 0 spiro atoms. The van der Waals surface area contributed by atoms with E-state index in [1.807, 2.05) is 0 Å². The number of carbonyl (C=O) groups is 1. The topological polar surface area (TPSA) is 156 Å². The van der Waals surface area contributed by atoms with Gasteiger partial charge in [0.15, 0.2) is 0 Å². The summed E-state index contributed by atoms with van der Waals surface area (Å²) in [7, 11) is -4.85. The van der Waals surface area contributed by atoms with E-state index in [0.717, 1.165) is 0 Å². The fourth-order valence-corrected chi connectivity index (χ4v) is 1.16. The predicted molar refractivity (Wildman–Crippen MR) is 50.4 cm³/mol. The van der Waals surface area contributed by atoms with Gasteiger partial charge in [-0.3, -0.25) is 9.79 Å². The molecule has 0 unspecified atom stereocenters. The van der Waals surface area contributed by atoms with E-state index in [1.54, 1.807) is 0 Å². The first-order valence-corrected chi connectivity index (χ1v) is 5.72. The third-order valence-corrected chi connectivity index (χ3v) is 2.01. The second-order valence-electron chi connectivity index (χ2n) is 2.97. The zero-order valence-corrected chi connectivity index (χ0v) is 8.84. The molecule has 0 aromatic rings. The third kappa shape index (κ3) is 7.43. The number of hydrogen-bond acceptors (Lipinski definition) is 6. The highest BCUT2D eigenvalue weighted by atomic mass is 31.2. The van der Waals surface area contributed by atoms with Gasteiger partial charge < -0.3 is 21.1 Å². The Hall–Kier alpha value is -0.500. The predicted octanol–water partition coefficient (Wildman–Crippen LogP) is -1.95. The Morgan fingerprint density at radius 3 is 2.33 bits per heavy atom. The molecule has 0 saturated carbocycles. The summed E-state index contributed by atoms with van der Waals surface area (Å²) in [6, 6.07) is -1.18. The molecular formula is C6H15N2O6P. The smallest absolute Gasteiger partial charge is 0.392 e. The highest BCUT2D eigenvalue weighted by Gasteiger charge is 2.25. The second-order valence-corrected chi connectivity index (χ2v) is 4.14. The molecule has 15 heavy (non-hydrogen) atoms. The fraction of sp³-hybridized carbons (Fsp3) is 0.833. The van der Waals surface area contributed by atoms with Crippen molar-refractivity contribution in [2.24, 2.45) is 11.5 Å².